The Balaban J connectivity index is 2.17. The van der Waals surface area contributed by atoms with E-state index in [1.807, 2.05) is 11.8 Å². The molecule has 1 N–H and O–H groups in total. The first-order chi connectivity index (χ1) is 9.74. The lowest BCUT2D eigenvalue weighted by Crippen LogP contribution is -2.38. The topological polar surface area (TPSA) is 58.1 Å². The molecule has 2 rings (SSSR count). The van der Waals surface area contributed by atoms with Crippen LogP contribution < -0.4 is 5.32 Å². The fraction of sp³-hybridized carbons (Fsp3) is 0.688. The second-order valence-electron chi connectivity index (χ2n) is 7.04. The lowest BCUT2D eigenvalue weighted by molar-refractivity contribution is 0.0691. The van der Waals surface area contributed by atoms with E-state index in [4.69, 9.17) is 0 Å². The fourth-order valence-electron chi connectivity index (χ4n) is 2.50. The van der Waals surface area contributed by atoms with Crippen molar-refractivity contribution in [1.82, 2.24) is 14.9 Å². The number of nitrogens with one attached hydrogen (secondary N) is 1. The molecule has 0 atom stereocenters. The van der Waals surface area contributed by atoms with Gasteiger partial charge in [0, 0.05) is 24.7 Å². The molecule has 0 aromatic carbocycles. The molecular weight excluding hydrogens is 264 g/mol. The van der Waals surface area contributed by atoms with Crippen molar-refractivity contribution in [2.24, 2.45) is 5.92 Å². The van der Waals surface area contributed by atoms with E-state index >= 15 is 0 Å². The molecule has 0 radical (unpaired) electrons. The highest BCUT2D eigenvalue weighted by atomic mass is 16.2. The number of hydrogen-bond acceptors (Lipinski definition) is 4. The summed E-state index contributed by atoms with van der Waals surface area (Å²) in [6, 6.07) is 1.76. The molecule has 1 aliphatic rings. The molecule has 0 saturated carbocycles. The molecule has 2 heterocycles. The summed E-state index contributed by atoms with van der Waals surface area (Å²) < 4.78 is 0. The smallest absolute Gasteiger partial charge is 0.272 e. The van der Waals surface area contributed by atoms with E-state index < -0.39 is 0 Å². The third-order valence-electron chi connectivity index (χ3n) is 3.63. The predicted octanol–water partition coefficient (Wildman–Crippen LogP) is 2.87. The first-order valence-electron chi connectivity index (χ1n) is 7.68. The quantitative estimate of drug-likeness (QED) is 0.910. The molecule has 1 amide bonds. The molecule has 0 aliphatic carbocycles. The van der Waals surface area contributed by atoms with Crippen molar-refractivity contribution in [1.29, 1.82) is 0 Å². The van der Waals surface area contributed by atoms with Crippen LogP contribution in [0.3, 0.4) is 0 Å². The highest BCUT2D eigenvalue weighted by molar-refractivity contribution is 5.93. The summed E-state index contributed by atoms with van der Waals surface area (Å²) in [6.07, 6.45) is 2.14. The van der Waals surface area contributed by atoms with E-state index in [9.17, 15) is 4.79 Å². The molecule has 21 heavy (non-hydrogen) atoms. The summed E-state index contributed by atoms with van der Waals surface area (Å²) in [6.45, 7) is 11.9. The maximum Gasteiger partial charge on any atom is 0.272 e. The molecule has 1 aromatic heterocycles. The number of piperidine rings is 1. The van der Waals surface area contributed by atoms with Gasteiger partial charge in [0.2, 0.25) is 0 Å². The van der Waals surface area contributed by atoms with Gasteiger partial charge in [0.05, 0.1) is 0 Å². The number of carbonyl (C=O) groups is 1. The minimum absolute atomic E-state index is 0.0179. The third kappa shape index (κ3) is 4.41. The Hall–Kier alpha value is -1.65. The van der Waals surface area contributed by atoms with E-state index in [0.29, 0.717) is 23.3 Å². The summed E-state index contributed by atoms with van der Waals surface area (Å²) in [4.78, 5) is 23.2. The second-order valence-corrected chi connectivity index (χ2v) is 7.04. The average molecular weight is 290 g/mol. The number of hydrogen-bond donors (Lipinski definition) is 1. The van der Waals surface area contributed by atoms with Crippen LogP contribution in [0.15, 0.2) is 6.07 Å². The molecule has 1 fully saturated rings. The van der Waals surface area contributed by atoms with Crippen molar-refractivity contribution in [3.63, 3.8) is 0 Å². The van der Waals surface area contributed by atoms with Crippen LogP contribution in [-0.2, 0) is 0 Å². The van der Waals surface area contributed by atoms with Gasteiger partial charge >= 0.3 is 0 Å². The van der Waals surface area contributed by atoms with E-state index in [1.165, 1.54) is 0 Å². The standard InChI is InChI=1S/C16H26N4O/c1-11-6-8-20(9-7-11)15(21)13-10-14(18-12(2)17-13)19-16(3,4)5/h10-11H,6-9H2,1-5H3,(H,17,18,19). The van der Waals surface area contributed by atoms with Crippen LogP contribution >= 0.6 is 0 Å². The summed E-state index contributed by atoms with van der Waals surface area (Å²) in [5, 5.41) is 3.31. The summed E-state index contributed by atoms with van der Waals surface area (Å²) in [5.74, 6) is 2.06. The van der Waals surface area contributed by atoms with Crippen molar-refractivity contribution in [3.05, 3.63) is 17.6 Å². The normalized spacial score (nSPS) is 16.9. The molecule has 1 aliphatic heterocycles. The van der Waals surface area contributed by atoms with Gasteiger partial charge in [-0.15, -0.1) is 0 Å². The number of aryl methyl sites for hydroxylation is 1. The van der Waals surface area contributed by atoms with Gasteiger partial charge in [-0.05, 0) is 46.5 Å². The lowest BCUT2D eigenvalue weighted by Gasteiger charge is -2.30. The van der Waals surface area contributed by atoms with Gasteiger partial charge in [0.15, 0.2) is 0 Å². The number of aromatic nitrogens is 2. The Bertz CT molecular complexity index is 513. The minimum atomic E-state index is -0.0956. The van der Waals surface area contributed by atoms with Gasteiger partial charge in [0.25, 0.3) is 5.91 Å². The number of likely N-dealkylation sites (tertiary alicyclic amines) is 1. The van der Waals surface area contributed by atoms with Gasteiger partial charge in [0.1, 0.15) is 17.3 Å². The first kappa shape index (κ1) is 15.7. The SMILES string of the molecule is Cc1nc(NC(C)(C)C)cc(C(=O)N2CCC(C)CC2)n1. The molecule has 5 nitrogen and oxygen atoms in total. The van der Waals surface area contributed by atoms with E-state index in [1.54, 1.807) is 6.07 Å². The Morgan fingerprint density at radius 1 is 1.29 bits per heavy atom. The highest BCUT2D eigenvalue weighted by Crippen LogP contribution is 2.19. The predicted molar refractivity (Wildman–Crippen MR) is 84.4 cm³/mol. The zero-order valence-electron chi connectivity index (χ0n) is 13.7. The molecular formula is C16H26N4O. The zero-order chi connectivity index (χ0) is 15.6. The van der Waals surface area contributed by atoms with E-state index in [2.05, 4.69) is 43.0 Å². The van der Waals surface area contributed by atoms with Crippen molar-refractivity contribution in [2.45, 2.75) is 53.0 Å². The van der Waals surface area contributed by atoms with Crippen LogP contribution in [0.1, 0.15) is 56.8 Å². The summed E-state index contributed by atoms with van der Waals surface area (Å²) in [5.41, 5.74) is 0.394. The Labute approximate surface area is 127 Å². The van der Waals surface area contributed by atoms with Crippen LogP contribution in [-0.4, -0.2) is 39.4 Å². The van der Waals surface area contributed by atoms with Crippen LogP contribution in [0, 0.1) is 12.8 Å². The Morgan fingerprint density at radius 3 is 2.48 bits per heavy atom. The monoisotopic (exact) mass is 290 g/mol. The molecule has 1 aromatic rings. The Kier molecular flexibility index (Phi) is 4.49. The molecule has 5 heteroatoms. The number of rotatable bonds is 2. The second kappa shape index (κ2) is 6.00. The molecule has 0 bridgehead atoms. The highest BCUT2D eigenvalue weighted by Gasteiger charge is 2.23. The number of amides is 1. The van der Waals surface area contributed by atoms with Gasteiger partial charge in [-0.1, -0.05) is 6.92 Å². The lowest BCUT2D eigenvalue weighted by atomic mass is 9.99. The third-order valence-corrected chi connectivity index (χ3v) is 3.63. The van der Waals surface area contributed by atoms with Crippen molar-refractivity contribution >= 4 is 11.7 Å². The fourth-order valence-corrected chi connectivity index (χ4v) is 2.50. The Morgan fingerprint density at radius 2 is 1.90 bits per heavy atom. The van der Waals surface area contributed by atoms with Crippen molar-refractivity contribution < 1.29 is 4.79 Å². The largest absolute Gasteiger partial charge is 0.365 e. The van der Waals surface area contributed by atoms with Gasteiger partial charge in [-0.25, -0.2) is 9.97 Å². The molecule has 1 saturated heterocycles. The van der Waals surface area contributed by atoms with E-state index in [-0.39, 0.29) is 11.4 Å². The van der Waals surface area contributed by atoms with Gasteiger partial charge in [-0.2, -0.15) is 0 Å². The average Bonchev–Trinajstić information content (AvgIpc) is 2.36. The maximum atomic E-state index is 12.6. The molecule has 116 valence electrons. The van der Waals surface area contributed by atoms with E-state index in [0.717, 1.165) is 25.9 Å². The van der Waals surface area contributed by atoms with Gasteiger partial charge in [-0.3, -0.25) is 4.79 Å². The van der Waals surface area contributed by atoms with Crippen LogP contribution in [0.2, 0.25) is 0 Å². The molecule has 0 spiro atoms. The molecule has 0 unspecified atom stereocenters. The van der Waals surface area contributed by atoms with Crippen LogP contribution in [0.25, 0.3) is 0 Å². The maximum absolute atomic E-state index is 12.6. The van der Waals surface area contributed by atoms with Gasteiger partial charge < -0.3 is 10.2 Å². The van der Waals surface area contributed by atoms with Crippen molar-refractivity contribution in [2.75, 3.05) is 18.4 Å². The first-order valence-corrected chi connectivity index (χ1v) is 7.68. The number of carbonyl (C=O) groups excluding carboxylic acids is 1. The minimum Gasteiger partial charge on any atom is -0.365 e. The van der Waals surface area contributed by atoms with Crippen LogP contribution in [0.5, 0.6) is 0 Å². The zero-order valence-corrected chi connectivity index (χ0v) is 13.7. The summed E-state index contributed by atoms with van der Waals surface area (Å²) >= 11 is 0. The number of nitrogens with zero attached hydrogens (tertiary/aromatic N) is 3. The number of anilines is 1. The van der Waals surface area contributed by atoms with Crippen LogP contribution in [0.4, 0.5) is 5.82 Å². The van der Waals surface area contributed by atoms with Crippen molar-refractivity contribution in [3.8, 4) is 0 Å². The summed E-state index contributed by atoms with van der Waals surface area (Å²) in [7, 11) is 0.